The molecule has 12 nitrogen and oxygen atoms in total. The molecule has 2 aliphatic heterocycles. The van der Waals surface area contributed by atoms with Crippen LogP contribution in [0, 0.1) is 40.4 Å². The number of allylic oxidation sites excluding steroid dienone is 1. The fourth-order valence-corrected chi connectivity index (χ4v) is 13.5. The van der Waals surface area contributed by atoms with Crippen molar-refractivity contribution in [2.75, 3.05) is 71.7 Å². The number of hydrogen-bond acceptors (Lipinski definition) is 9. The Kier molecular flexibility index (Phi) is 16.9. The van der Waals surface area contributed by atoms with E-state index in [0.717, 1.165) is 68.5 Å². The van der Waals surface area contributed by atoms with Crippen molar-refractivity contribution in [3.05, 3.63) is 11.6 Å². The van der Waals surface area contributed by atoms with Gasteiger partial charge in [-0.3, -0.25) is 9.59 Å². The van der Waals surface area contributed by atoms with Gasteiger partial charge in [-0.1, -0.05) is 38.8 Å². The second-order valence-electron chi connectivity index (χ2n) is 18.4. The number of unbranched alkanes of at least 4 members (excludes halogenated alkanes) is 1. The molecule has 0 aromatic carbocycles. The van der Waals surface area contributed by atoms with E-state index in [-0.39, 0.29) is 41.4 Å². The van der Waals surface area contributed by atoms with Gasteiger partial charge in [0, 0.05) is 36.9 Å². The highest BCUT2D eigenvalue weighted by Crippen LogP contribution is 2.67. The number of carbonyl (C=O) groups excluding carboxylic acids is 3. The van der Waals surface area contributed by atoms with Gasteiger partial charge in [0.25, 0.3) is 0 Å². The smallest absolute Gasteiger partial charge is 0.315 e. The molecule has 0 unspecified atom stereocenters. The predicted molar refractivity (Wildman–Crippen MR) is 223 cm³/mol. The van der Waals surface area contributed by atoms with Crippen molar-refractivity contribution in [2.45, 2.75) is 134 Å². The summed E-state index contributed by atoms with van der Waals surface area (Å²) in [6, 6.07) is 0.411. The van der Waals surface area contributed by atoms with Gasteiger partial charge in [0.05, 0.1) is 71.0 Å². The lowest BCUT2D eigenvalue weighted by Crippen LogP contribution is -2.50. The molecule has 0 aromatic rings. The second-order valence-corrected chi connectivity index (χ2v) is 19.7. The number of thioether (sulfide) groups is 1. The number of aliphatic hydroxyl groups excluding tert-OH is 1. The zero-order chi connectivity index (χ0) is 40.3. The van der Waals surface area contributed by atoms with Gasteiger partial charge in [0.1, 0.15) is 0 Å². The van der Waals surface area contributed by atoms with Crippen LogP contribution < -0.4 is 21.3 Å². The van der Waals surface area contributed by atoms with Crippen LogP contribution in [0.5, 0.6) is 0 Å². The van der Waals surface area contributed by atoms with Crippen molar-refractivity contribution in [3.8, 4) is 0 Å². The molecule has 3 saturated carbocycles. The van der Waals surface area contributed by atoms with Gasteiger partial charge >= 0.3 is 6.03 Å². The summed E-state index contributed by atoms with van der Waals surface area (Å²) in [6.45, 7) is 12.2. The zero-order valence-corrected chi connectivity index (χ0v) is 36.0. The number of aliphatic hydroxyl groups is 1. The Bertz CT molecular complexity index is 1350. The van der Waals surface area contributed by atoms with Gasteiger partial charge in [-0.05, 0) is 111 Å². The van der Waals surface area contributed by atoms with E-state index < -0.39 is 0 Å². The van der Waals surface area contributed by atoms with Crippen LogP contribution in [0.25, 0.3) is 0 Å². The molecule has 0 bridgehead atoms. The first-order valence-electron chi connectivity index (χ1n) is 22.5. The summed E-state index contributed by atoms with van der Waals surface area (Å²) in [7, 11) is 0. The molecule has 5 fully saturated rings. The van der Waals surface area contributed by atoms with Crippen LogP contribution in [0.1, 0.15) is 111 Å². The summed E-state index contributed by atoms with van der Waals surface area (Å²) < 4.78 is 22.4. The fraction of sp³-hybridized carbons (Fsp3) is 0.886. The Balaban J connectivity index is 0.697. The molecule has 57 heavy (non-hydrogen) atoms. The molecule has 0 spiro atoms. The number of rotatable bonds is 24. The molecule has 4 amide bonds. The van der Waals surface area contributed by atoms with E-state index in [1.807, 2.05) is 11.8 Å². The predicted octanol–water partition coefficient (Wildman–Crippen LogP) is 5.37. The lowest BCUT2D eigenvalue weighted by molar-refractivity contribution is -0.122. The van der Waals surface area contributed by atoms with Crippen LogP contribution in [0.2, 0.25) is 0 Å². The van der Waals surface area contributed by atoms with Gasteiger partial charge in [0.2, 0.25) is 11.8 Å². The van der Waals surface area contributed by atoms with E-state index in [1.54, 1.807) is 5.57 Å². The number of hydrogen-bond donors (Lipinski definition) is 5. The van der Waals surface area contributed by atoms with E-state index in [4.69, 9.17) is 18.9 Å². The average Bonchev–Trinajstić information content (AvgIpc) is 3.87. The Labute approximate surface area is 346 Å². The Morgan fingerprint density at radius 2 is 1.53 bits per heavy atom. The first-order chi connectivity index (χ1) is 27.6. The normalized spacial score (nSPS) is 34.6. The Hall–Kier alpha value is -1.90. The molecular formula is C44H74N4O8S. The van der Waals surface area contributed by atoms with Crippen molar-refractivity contribution in [1.82, 2.24) is 21.3 Å². The SMILES string of the molecule is C[C@H](CCC(=O)NCCOCCOCCOCCOCCNC(=O)CCCC[C@@H]1SC[C@@H]2NC(=O)N[C@@H]21)[C@H]1CC[C@H]2[C@@H]3CC=C4C[C@H](O)CC[C@]4(C)[C@H]3CC[C@]12C. The molecule has 11 atom stereocenters. The largest absolute Gasteiger partial charge is 0.393 e. The van der Waals surface area contributed by atoms with Gasteiger partial charge in [0.15, 0.2) is 0 Å². The van der Waals surface area contributed by atoms with Crippen LogP contribution in [-0.2, 0) is 28.5 Å². The van der Waals surface area contributed by atoms with Gasteiger partial charge in [-0.2, -0.15) is 11.8 Å². The van der Waals surface area contributed by atoms with Crippen molar-refractivity contribution < 1.29 is 38.4 Å². The highest BCUT2D eigenvalue weighted by atomic mass is 32.2. The summed E-state index contributed by atoms with van der Waals surface area (Å²) in [6.07, 6.45) is 16.7. The van der Waals surface area contributed by atoms with E-state index >= 15 is 0 Å². The number of carbonyl (C=O) groups is 3. The molecular weight excluding hydrogens is 745 g/mol. The highest BCUT2D eigenvalue weighted by molar-refractivity contribution is 8.00. The first kappa shape index (κ1) is 44.6. The van der Waals surface area contributed by atoms with Crippen molar-refractivity contribution in [3.63, 3.8) is 0 Å². The third kappa shape index (κ3) is 11.7. The van der Waals surface area contributed by atoms with Crippen LogP contribution in [0.4, 0.5) is 4.79 Å². The minimum Gasteiger partial charge on any atom is -0.393 e. The topological polar surface area (TPSA) is 156 Å². The molecule has 0 radical (unpaired) electrons. The summed E-state index contributed by atoms with van der Waals surface area (Å²) in [5, 5.41) is 22.7. The number of fused-ring (bicyclic) bond motifs is 6. The summed E-state index contributed by atoms with van der Waals surface area (Å²) in [5.41, 5.74) is 2.21. The van der Waals surface area contributed by atoms with Crippen molar-refractivity contribution in [2.24, 2.45) is 40.4 Å². The van der Waals surface area contributed by atoms with Gasteiger partial charge < -0.3 is 45.3 Å². The molecule has 6 rings (SSSR count). The molecule has 2 heterocycles. The number of ether oxygens (including phenoxy) is 4. The minimum absolute atomic E-state index is 0.0472. The molecule has 4 aliphatic carbocycles. The first-order valence-corrected chi connectivity index (χ1v) is 23.5. The summed E-state index contributed by atoms with van der Waals surface area (Å²) >= 11 is 1.91. The summed E-state index contributed by atoms with van der Waals surface area (Å²) in [5.74, 6) is 4.68. The molecule has 13 heteroatoms. The van der Waals surface area contributed by atoms with Crippen molar-refractivity contribution >= 4 is 29.6 Å². The second kappa shape index (κ2) is 21.6. The van der Waals surface area contributed by atoms with Crippen LogP contribution >= 0.6 is 11.8 Å². The van der Waals surface area contributed by atoms with Crippen LogP contribution in [0.15, 0.2) is 11.6 Å². The van der Waals surface area contributed by atoms with E-state index in [2.05, 4.69) is 48.1 Å². The lowest BCUT2D eigenvalue weighted by atomic mass is 9.47. The zero-order valence-electron chi connectivity index (χ0n) is 35.2. The number of nitrogens with one attached hydrogen (secondary N) is 4. The van der Waals surface area contributed by atoms with E-state index in [1.165, 1.54) is 32.1 Å². The Morgan fingerprint density at radius 1 is 0.860 bits per heavy atom. The third-order valence-corrected chi connectivity index (χ3v) is 16.5. The maximum atomic E-state index is 12.7. The maximum absolute atomic E-state index is 12.7. The van der Waals surface area contributed by atoms with E-state index in [0.29, 0.717) is 101 Å². The van der Waals surface area contributed by atoms with Gasteiger partial charge in [-0.25, -0.2) is 4.79 Å². The van der Waals surface area contributed by atoms with E-state index in [9.17, 15) is 19.5 Å². The number of amides is 4. The van der Waals surface area contributed by atoms with Gasteiger partial charge in [-0.15, -0.1) is 0 Å². The molecule has 2 saturated heterocycles. The standard InChI is InChI=1S/C44H74N4O8S/c1-30(34-11-12-35-33-10-9-31-28-32(49)14-16-43(31,2)36(33)15-17-44(34,35)3)8-13-40(51)46-19-21-54-23-25-56-27-26-55-24-22-53-20-18-45-39(50)7-5-4-6-38-41-37(29-57-38)47-42(52)48-41/h9,30,32-38,41,49H,4-8,10-29H2,1-3H3,(H,45,50)(H,46,51)(H2,47,48,52)/t30-,32-,33+,34-,35+,36+,37+,38+,41+,43+,44-/m1/s1. The van der Waals surface area contributed by atoms with Crippen molar-refractivity contribution in [1.29, 1.82) is 0 Å². The molecule has 6 aliphatic rings. The number of urea groups is 1. The fourth-order valence-electron chi connectivity index (χ4n) is 11.9. The highest BCUT2D eigenvalue weighted by Gasteiger charge is 2.59. The Morgan fingerprint density at radius 3 is 2.23 bits per heavy atom. The quantitative estimate of drug-likeness (QED) is 0.0492. The van der Waals surface area contributed by atoms with Crippen LogP contribution in [0.3, 0.4) is 0 Å². The summed E-state index contributed by atoms with van der Waals surface area (Å²) in [4.78, 5) is 36.3. The lowest BCUT2D eigenvalue weighted by Gasteiger charge is -2.58. The monoisotopic (exact) mass is 819 g/mol. The maximum Gasteiger partial charge on any atom is 0.315 e. The molecule has 324 valence electrons. The third-order valence-electron chi connectivity index (χ3n) is 15.0. The average molecular weight is 819 g/mol. The van der Waals surface area contributed by atoms with Crippen LogP contribution in [-0.4, -0.2) is 118 Å². The molecule has 5 N–H and O–H groups in total. The molecule has 0 aromatic heterocycles. The minimum atomic E-state index is -0.145.